The van der Waals surface area contributed by atoms with Crippen molar-refractivity contribution in [3.05, 3.63) is 23.2 Å². The van der Waals surface area contributed by atoms with Gasteiger partial charge in [-0.05, 0) is 31.9 Å². The van der Waals surface area contributed by atoms with Gasteiger partial charge in [0, 0.05) is 13.7 Å². The quantitative estimate of drug-likeness (QED) is 0.747. The summed E-state index contributed by atoms with van der Waals surface area (Å²) in [5, 5.41) is 6.10. The first-order valence-corrected chi connectivity index (χ1v) is 8.09. The molecule has 0 spiro atoms. The van der Waals surface area contributed by atoms with Crippen LogP contribution in [0.1, 0.15) is 19.8 Å². The third-order valence-electron chi connectivity index (χ3n) is 3.63. The van der Waals surface area contributed by atoms with Gasteiger partial charge in [0.2, 0.25) is 0 Å². The molecule has 1 fully saturated rings. The highest BCUT2D eigenvalue weighted by Crippen LogP contribution is 2.32. The number of ether oxygens (including phenoxy) is 3. The third kappa shape index (κ3) is 5.27. The Hall–Kier alpha value is -1.50. The zero-order valence-electron chi connectivity index (χ0n) is 13.4. The summed E-state index contributed by atoms with van der Waals surface area (Å²) < 4.78 is 16.1. The molecule has 0 unspecified atom stereocenters. The summed E-state index contributed by atoms with van der Waals surface area (Å²) in [6.45, 7) is 3.48. The number of carbonyl (C=O) groups excluding carboxylic acids is 1. The average Bonchev–Trinajstić information content (AvgIpc) is 3.04. The SMILES string of the molecule is COCCOc1c(Cl)cccc1NC(=O)N[C@H](C)[C@@H]1CCCO1. The number of methoxy groups -OCH3 is 1. The van der Waals surface area contributed by atoms with Crippen LogP contribution >= 0.6 is 11.6 Å². The fraction of sp³-hybridized carbons (Fsp3) is 0.562. The van der Waals surface area contributed by atoms with Crippen molar-refractivity contribution >= 4 is 23.3 Å². The summed E-state index contributed by atoms with van der Waals surface area (Å²) in [7, 11) is 1.59. The smallest absolute Gasteiger partial charge is 0.319 e. The van der Waals surface area contributed by atoms with Gasteiger partial charge < -0.3 is 24.8 Å². The topological polar surface area (TPSA) is 68.8 Å². The number of hydrogen-bond donors (Lipinski definition) is 2. The number of carbonyl (C=O) groups is 1. The van der Waals surface area contributed by atoms with Gasteiger partial charge in [-0.25, -0.2) is 4.79 Å². The second-order valence-electron chi connectivity index (χ2n) is 5.40. The summed E-state index contributed by atoms with van der Waals surface area (Å²) in [5.74, 6) is 0.436. The maximum absolute atomic E-state index is 12.2. The maximum atomic E-state index is 12.2. The Morgan fingerprint density at radius 1 is 1.48 bits per heavy atom. The average molecular weight is 343 g/mol. The molecule has 1 saturated heterocycles. The molecule has 1 heterocycles. The molecule has 1 aromatic carbocycles. The number of para-hydroxylation sites is 1. The minimum absolute atomic E-state index is 0.0606. The van der Waals surface area contributed by atoms with E-state index in [9.17, 15) is 4.79 Å². The van der Waals surface area contributed by atoms with Crippen molar-refractivity contribution in [2.45, 2.75) is 31.9 Å². The van der Waals surface area contributed by atoms with Crippen molar-refractivity contribution in [3.8, 4) is 5.75 Å². The Labute approximate surface area is 141 Å². The van der Waals surface area contributed by atoms with Crippen LogP contribution in [0.4, 0.5) is 10.5 Å². The van der Waals surface area contributed by atoms with Gasteiger partial charge in [0.1, 0.15) is 6.61 Å². The van der Waals surface area contributed by atoms with Crippen LogP contribution in [0.3, 0.4) is 0 Å². The van der Waals surface area contributed by atoms with Crippen LogP contribution in [-0.4, -0.2) is 45.1 Å². The van der Waals surface area contributed by atoms with Crippen molar-refractivity contribution in [3.63, 3.8) is 0 Å². The van der Waals surface area contributed by atoms with Crippen LogP contribution in [0.5, 0.6) is 5.75 Å². The number of nitrogens with one attached hydrogen (secondary N) is 2. The highest BCUT2D eigenvalue weighted by molar-refractivity contribution is 6.32. The van der Waals surface area contributed by atoms with Crippen LogP contribution in [0.2, 0.25) is 5.02 Å². The van der Waals surface area contributed by atoms with Crippen LogP contribution in [0.25, 0.3) is 0 Å². The van der Waals surface area contributed by atoms with Gasteiger partial charge in [-0.3, -0.25) is 0 Å². The molecule has 0 bridgehead atoms. The van der Waals surface area contributed by atoms with Crippen molar-refractivity contribution < 1.29 is 19.0 Å². The number of benzene rings is 1. The van der Waals surface area contributed by atoms with Crippen LogP contribution in [-0.2, 0) is 9.47 Å². The molecule has 6 nitrogen and oxygen atoms in total. The molecule has 7 heteroatoms. The Bertz CT molecular complexity index is 521. The van der Waals surface area contributed by atoms with Crippen LogP contribution in [0.15, 0.2) is 18.2 Å². The summed E-state index contributed by atoms with van der Waals surface area (Å²) in [5.41, 5.74) is 0.519. The molecule has 2 rings (SSSR count). The van der Waals surface area contributed by atoms with E-state index in [-0.39, 0.29) is 18.2 Å². The molecule has 0 radical (unpaired) electrons. The van der Waals surface area contributed by atoms with Gasteiger partial charge in [-0.1, -0.05) is 17.7 Å². The van der Waals surface area contributed by atoms with Gasteiger partial charge >= 0.3 is 6.03 Å². The lowest BCUT2D eigenvalue weighted by molar-refractivity contribution is 0.0868. The zero-order valence-corrected chi connectivity index (χ0v) is 14.2. The molecule has 0 aliphatic carbocycles. The van der Waals surface area contributed by atoms with Crippen LogP contribution < -0.4 is 15.4 Å². The molecule has 1 aliphatic heterocycles. The highest BCUT2D eigenvalue weighted by Gasteiger charge is 2.24. The van der Waals surface area contributed by atoms with E-state index in [0.717, 1.165) is 19.4 Å². The molecule has 2 atom stereocenters. The van der Waals surface area contributed by atoms with Crippen molar-refractivity contribution in [1.82, 2.24) is 5.32 Å². The molecule has 2 N–H and O–H groups in total. The largest absolute Gasteiger partial charge is 0.487 e. The lowest BCUT2D eigenvalue weighted by Crippen LogP contribution is -2.43. The Balaban J connectivity index is 1.95. The second kappa shape index (κ2) is 8.96. The van der Waals surface area contributed by atoms with E-state index in [2.05, 4.69) is 10.6 Å². The van der Waals surface area contributed by atoms with E-state index in [1.54, 1.807) is 25.3 Å². The molecule has 1 aliphatic rings. The summed E-state index contributed by atoms with van der Waals surface area (Å²) >= 11 is 6.14. The lowest BCUT2D eigenvalue weighted by Gasteiger charge is -2.21. The lowest BCUT2D eigenvalue weighted by atomic mass is 10.1. The van der Waals surface area contributed by atoms with E-state index in [1.165, 1.54) is 0 Å². The Morgan fingerprint density at radius 3 is 3.00 bits per heavy atom. The number of anilines is 1. The summed E-state index contributed by atoms with van der Waals surface area (Å²) in [4.78, 5) is 12.2. The van der Waals surface area contributed by atoms with E-state index in [0.29, 0.717) is 29.7 Å². The number of rotatable bonds is 7. The second-order valence-corrected chi connectivity index (χ2v) is 5.80. The van der Waals surface area contributed by atoms with E-state index < -0.39 is 0 Å². The molecular weight excluding hydrogens is 320 g/mol. The van der Waals surface area contributed by atoms with E-state index in [4.69, 9.17) is 25.8 Å². The molecule has 2 amide bonds. The first-order valence-electron chi connectivity index (χ1n) is 7.71. The van der Waals surface area contributed by atoms with Gasteiger partial charge in [0.15, 0.2) is 5.75 Å². The first kappa shape index (κ1) is 17.8. The number of amides is 2. The third-order valence-corrected chi connectivity index (χ3v) is 3.93. The van der Waals surface area contributed by atoms with Crippen molar-refractivity contribution in [1.29, 1.82) is 0 Å². The standard InChI is InChI=1S/C16H23ClN2O4/c1-11(14-7-4-8-22-14)18-16(20)19-13-6-3-5-12(17)15(13)23-10-9-21-2/h3,5-6,11,14H,4,7-10H2,1-2H3,(H2,18,19,20)/t11-,14+/m1/s1. The minimum Gasteiger partial charge on any atom is -0.487 e. The number of hydrogen-bond acceptors (Lipinski definition) is 4. The monoisotopic (exact) mass is 342 g/mol. The maximum Gasteiger partial charge on any atom is 0.319 e. The molecule has 128 valence electrons. The number of urea groups is 1. The Kier molecular flexibility index (Phi) is 6.95. The fourth-order valence-electron chi connectivity index (χ4n) is 2.44. The highest BCUT2D eigenvalue weighted by atomic mass is 35.5. The molecule has 1 aromatic rings. The summed E-state index contributed by atoms with van der Waals surface area (Å²) in [6, 6.07) is 4.83. The molecule has 23 heavy (non-hydrogen) atoms. The van der Waals surface area contributed by atoms with Crippen molar-refractivity contribution in [2.24, 2.45) is 0 Å². The van der Waals surface area contributed by atoms with Gasteiger partial charge in [0.25, 0.3) is 0 Å². The van der Waals surface area contributed by atoms with Gasteiger partial charge in [-0.2, -0.15) is 0 Å². The molecule has 0 saturated carbocycles. The fourth-order valence-corrected chi connectivity index (χ4v) is 2.67. The van der Waals surface area contributed by atoms with E-state index in [1.807, 2.05) is 6.92 Å². The normalized spacial score (nSPS) is 18.5. The summed E-state index contributed by atoms with van der Waals surface area (Å²) in [6.07, 6.45) is 2.06. The predicted octanol–water partition coefficient (Wildman–Crippen LogP) is 3.05. The van der Waals surface area contributed by atoms with Gasteiger partial charge in [-0.15, -0.1) is 0 Å². The Morgan fingerprint density at radius 2 is 2.30 bits per heavy atom. The molecular formula is C16H23ClN2O4. The zero-order chi connectivity index (χ0) is 16.7. The van der Waals surface area contributed by atoms with Crippen LogP contribution in [0, 0.1) is 0 Å². The molecule has 0 aromatic heterocycles. The predicted molar refractivity (Wildman–Crippen MR) is 89.4 cm³/mol. The van der Waals surface area contributed by atoms with E-state index >= 15 is 0 Å². The first-order chi connectivity index (χ1) is 11.1. The van der Waals surface area contributed by atoms with Crippen molar-refractivity contribution in [2.75, 3.05) is 32.2 Å². The van der Waals surface area contributed by atoms with Gasteiger partial charge in [0.05, 0.1) is 29.5 Å². The minimum atomic E-state index is -0.313. The number of halogens is 1.